The highest BCUT2D eigenvalue weighted by molar-refractivity contribution is 5.84. The minimum atomic E-state index is -0.129. The maximum absolute atomic E-state index is 5.67. The fourth-order valence-corrected chi connectivity index (χ4v) is 4.88. The van der Waals surface area contributed by atoms with Crippen LogP contribution in [0.1, 0.15) is 43.0 Å². The molecule has 0 N–H and O–H groups in total. The topological polar surface area (TPSA) is 64.6 Å². The van der Waals surface area contributed by atoms with Crippen molar-refractivity contribution in [2.45, 2.75) is 26.4 Å². The van der Waals surface area contributed by atoms with Crippen LogP contribution in [0, 0.1) is 0 Å². The summed E-state index contributed by atoms with van der Waals surface area (Å²) in [7, 11) is 9.55. The Labute approximate surface area is 316 Å². The van der Waals surface area contributed by atoms with Crippen molar-refractivity contribution in [3.05, 3.63) is 140 Å². The molecule has 5 aromatic rings. The Hall–Kier alpha value is -6.08. The van der Waals surface area contributed by atoms with Gasteiger partial charge in [0.2, 0.25) is 5.75 Å². The van der Waals surface area contributed by atoms with E-state index in [-0.39, 0.29) is 5.60 Å². The highest BCUT2D eigenvalue weighted by Gasteiger charge is 2.14. The zero-order valence-electron chi connectivity index (χ0n) is 32.7. The van der Waals surface area contributed by atoms with Gasteiger partial charge in [0.05, 0.1) is 48.2 Å². The normalized spacial score (nSPS) is 9.91. The van der Waals surface area contributed by atoms with Gasteiger partial charge in [-0.15, -0.1) is 0 Å². The quantitative estimate of drug-likeness (QED) is 0.135. The number of ether oxygens (including phenoxy) is 7. The molecule has 53 heavy (non-hydrogen) atoms. The van der Waals surface area contributed by atoms with E-state index in [9.17, 15) is 0 Å². The molecule has 0 aromatic heterocycles. The molecule has 0 amide bonds. The summed E-state index contributed by atoms with van der Waals surface area (Å²) in [4.78, 5) is 0. The molecular weight excluding hydrogens is 664 g/mol. The molecule has 0 saturated carbocycles. The largest absolute Gasteiger partial charge is 0.496 e. The van der Waals surface area contributed by atoms with E-state index in [1.807, 2.05) is 69.3 Å². The molecule has 7 heteroatoms. The first kappa shape index (κ1) is 43.1. The summed E-state index contributed by atoms with van der Waals surface area (Å²) >= 11 is 0. The molecule has 0 spiro atoms. The third-order valence-electron chi connectivity index (χ3n) is 7.46. The summed E-state index contributed by atoms with van der Waals surface area (Å²) in [5.74, 6) is 4.86. The minimum absolute atomic E-state index is 0.129. The van der Waals surface area contributed by atoms with Crippen molar-refractivity contribution < 1.29 is 33.2 Å². The lowest BCUT2D eigenvalue weighted by molar-refractivity contribution is 0.131. The number of methoxy groups -OCH3 is 6. The Morgan fingerprint density at radius 2 is 1.00 bits per heavy atom. The molecule has 0 fully saturated rings. The summed E-state index contributed by atoms with van der Waals surface area (Å²) in [6.45, 7) is 20.9. The van der Waals surface area contributed by atoms with Crippen LogP contribution in [-0.4, -0.2) is 48.3 Å². The average Bonchev–Trinajstić information content (AvgIpc) is 3.19. The predicted octanol–water partition coefficient (Wildman–Crippen LogP) is 11.7. The maximum atomic E-state index is 5.67. The third-order valence-corrected chi connectivity index (χ3v) is 7.46. The van der Waals surface area contributed by atoms with Crippen LogP contribution in [0.15, 0.2) is 117 Å². The van der Waals surface area contributed by atoms with Crippen LogP contribution >= 0.6 is 0 Å². The van der Waals surface area contributed by atoms with Crippen molar-refractivity contribution in [2.24, 2.45) is 0 Å². The van der Waals surface area contributed by atoms with Crippen LogP contribution in [-0.2, 0) is 0 Å². The third kappa shape index (κ3) is 13.2. The Morgan fingerprint density at radius 3 is 1.45 bits per heavy atom. The van der Waals surface area contributed by atoms with Gasteiger partial charge in [-0.25, -0.2) is 0 Å². The monoisotopic (exact) mass is 718 g/mol. The standard InChI is InChI=1S/C12H16O.C12H10.2C11H14O3/c1-5-10-6-8-11(9-7-10)13-12(2,3)4;1-2-10-7-8-11-5-3-4-6-12(11)9-10;1-5-9-10(13-3)6-8(12-2)7-11(9)14-4;1-5-8-6-7-9(12-2)11(14-4)10(8)13-3/h5-9H,1H2,2-4H3;2-9H,1H2;2*5-7H,1H2,2-4H3. The summed E-state index contributed by atoms with van der Waals surface area (Å²) < 4.78 is 36.7. The van der Waals surface area contributed by atoms with Crippen molar-refractivity contribution >= 4 is 35.1 Å². The van der Waals surface area contributed by atoms with E-state index in [0.717, 1.165) is 22.4 Å². The summed E-state index contributed by atoms with van der Waals surface area (Å²) in [5.41, 5.74) is 3.87. The molecule has 7 nitrogen and oxygen atoms in total. The smallest absolute Gasteiger partial charge is 0.203 e. The number of hydrogen-bond donors (Lipinski definition) is 0. The van der Waals surface area contributed by atoms with E-state index < -0.39 is 0 Å². The van der Waals surface area contributed by atoms with Crippen LogP contribution in [0.5, 0.6) is 40.2 Å². The lowest BCUT2D eigenvalue weighted by Gasteiger charge is -2.21. The average molecular weight is 719 g/mol. The van der Waals surface area contributed by atoms with E-state index >= 15 is 0 Å². The Balaban J connectivity index is 0.000000245. The molecule has 0 saturated heterocycles. The zero-order valence-corrected chi connectivity index (χ0v) is 32.7. The van der Waals surface area contributed by atoms with Crippen LogP contribution in [0.25, 0.3) is 35.1 Å². The molecule has 0 unspecified atom stereocenters. The van der Waals surface area contributed by atoms with Crippen LogP contribution in [0.3, 0.4) is 0 Å². The van der Waals surface area contributed by atoms with Gasteiger partial charge < -0.3 is 33.2 Å². The van der Waals surface area contributed by atoms with Gasteiger partial charge in [0.15, 0.2) is 11.5 Å². The highest BCUT2D eigenvalue weighted by Crippen LogP contribution is 2.40. The molecule has 5 aromatic carbocycles. The maximum Gasteiger partial charge on any atom is 0.203 e. The molecule has 0 heterocycles. The van der Waals surface area contributed by atoms with E-state index in [0.29, 0.717) is 34.5 Å². The van der Waals surface area contributed by atoms with Crippen LogP contribution in [0.2, 0.25) is 0 Å². The van der Waals surface area contributed by atoms with Crippen molar-refractivity contribution in [2.75, 3.05) is 42.7 Å². The lowest BCUT2D eigenvalue weighted by atomic mass is 10.1. The molecule has 0 atom stereocenters. The fourth-order valence-electron chi connectivity index (χ4n) is 4.88. The Kier molecular flexibility index (Phi) is 17.9. The fraction of sp³-hybridized carbons (Fsp3) is 0.217. The summed E-state index contributed by atoms with van der Waals surface area (Å²) in [6.07, 6.45) is 7.09. The van der Waals surface area contributed by atoms with Gasteiger partial charge in [0.1, 0.15) is 28.6 Å². The molecule has 0 aliphatic heterocycles. The SMILES string of the molecule is C=Cc1c(OC)cc(OC)cc1OC.C=Cc1ccc(OC(C)(C)C)cc1.C=Cc1ccc(OC)c(OC)c1OC.C=Cc1ccc2ccccc2c1. The van der Waals surface area contributed by atoms with Gasteiger partial charge in [0, 0.05) is 17.7 Å². The Bertz CT molecular complexity index is 1890. The lowest BCUT2D eigenvalue weighted by Crippen LogP contribution is -2.22. The second kappa shape index (κ2) is 22.0. The van der Waals surface area contributed by atoms with E-state index in [4.69, 9.17) is 33.2 Å². The van der Waals surface area contributed by atoms with Gasteiger partial charge in [-0.1, -0.05) is 99.2 Å². The first-order chi connectivity index (χ1) is 25.4. The van der Waals surface area contributed by atoms with E-state index in [2.05, 4.69) is 68.8 Å². The second-order valence-corrected chi connectivity index (χ2v) is 12.1. The first-order valence-corrected chi connectivity index (χ1v) is 16.8. The number of benzene rings is 5. The molecule has 0 radical (unpaired) electrons. The van der Waals surface area contributed by atoms with E-state index in [1.165, 1.54) is 16.3 Å². The van der Waals surface area contributed by atoms with Gasteiger partial charge in [-0.2, -0.15) is 0 Å². The van der Waals surface area contributed by atoms with E-state index in [1.54, 1.807) is 66.9 Å². The second-order valence-electron chi connectivity index (χ2n) is 12.1. The van der Waals surface area contributed by atoms with Gasteiger partial charge in [-0.05, 0) is 73.0 Å². The van der Waals surface area contributed by atoms with Crippen LogP contribution < -0.4 is 33.2 Å². The van der Waals surface area contributed by atoms with Crippen LogP contribution in [0.4, 0.5) is 0 Å². The summed E-state index contributed by atoms with van der Waals surface area (Å²) in [5, 5.41) is 2.55. The molecule has 5 rings (SSSR count). The predicted molar refractivity (Wildman–Crippen MR) is 223 cm³/mol. The van der Waals surface area contributed by atoms with Crippen molar-refractivity contribution in [1.82, 2.24) is 0 Å². The van der Waals surface area contributed by atoms with Crippen molar-refractivity contribution in [3.8, 4) is 40.2 Å². The molecular formula is C46H54O7. The van der Waals surface area contributed by atoms with Gasteiger partial charge in [0.25, 0.3) is 0 Å². The Morgan fingerprint density at radius 1 is 0.453 bits per heavy atom. The number of hydrogen-bond acceptors (Lipinski definition) is 7. The molecule has 280 valence electrons. The first-order valence-electron chi connectivity index (χ1n) is 16.8. The minimum Gasteiger partial charge on any atom is -0.496 e. The van der Waals surface area contributed by atoms with Crippen molar-refractivity contribution in [1.29, 1.82) is 0 Å². The highest BCUT2D eigenvalue weighted by atomic mass is 16.5. The number of rotatable bonds is 11. The van der Waals surface area contributed by atoms with Gasteiger partial charge >= 0.3 is 0 Å². The van der Waals surface area contributed by atoms with Crippen molar-refractivity contribution in [3.63, 3.8) is 0 Å². The molecule has 0 aliphatic carbocycles. The zero-order chi connectivity index (χ0) is 39.4. The number of fused-ring (bicyclic) bond motifs is 1. The van der Waals surface area contributed by atoms with Gasteiger partial charge in [-0.3, -0.25) is 0 Å². The molecule has 0 aliphatic rings. The molecule has 0 bridgehead atoms. The summed E-state index contributed by atoms with van der Waals surface area (Å²) in [6, 6.07) is 29.8.